The molecule has 1 N–H and O–H groups in total. The number of hydrogen-bond donors (Lipinski definition) is 1. The summed E-state index contributed by atoms with van der Waals surface area (Å²) >= 11 is 1.66. The zero-order chi connectivity index (χ0) is 13.2. The van der Waals surface area contributed by atoms with Crippen molar-refractivity contribution in [3.05, 3.63) is 35.2 Å². The molecular formula is C13H15N5S. The smallest absolute Gasteiger partial charge is 0.154 e. The van der Waals surface area contributed by atoms with E-state index in [2.05, 4.69) is 27.2 Å². The highest BCUT2D eigenvalue weighted by molar-refractivity contribution is 7.09. The number of nitrogens with zero attached hydrogens (tertiary/aromatic N) is 4. The van der Waals surface area contributed by atoms with Crippen molar-refractivity contribution in [3.8, 4) is 0 Å². The summed E-state index contributed by atoms with van der Waals surface area (Å²) in [6, 6.07) is 2.15. The van der Waals surface area contributed by atoms with Crippen molar-refractivity contribution in [3.63, 3.8) is 0 Å². The topological polar surface area (TPSA) is 55.6 Å². The fourth-order valence-corrected chi connectivity index (χ4v) is 2.85. The molecule has 3 heterocycles. The Hall–Kier alpha value is -1.95. The van der Waals surface area contributed by atoms with Gasteiger partial charge < -0.3 is 9.88 Å². The van der Waals surface area contributed by atoms with Gasteiger partial charge in [0.15, 0.2) is 5.82 Å². The van der Waals surface area contributed by atoms with Gasteiger partial charge in [-0.2, -0.15) is 0 Å². The number of thiazole rings is 1. The van der Waals surface area contributed by atoms with E-state index in [0.29, 0.717) is 0 Å². The molecule has 0 aliphatic carbocycles. The Morgan fingerprint density at radius 1 is 1.32 bits per heavy atom. The molecule has 98 valence electrons. The van der Waals surface area contributed by atoms with Gasteiger partial charge in [0.25, 0.3) is 0 Å². The maximum absolute atomic E-state index is 4.41. The molecule has 5 nitrogen and oxygen atoms in total. The number of hydrogen-bond acceptors (Lipinski definition) is 5. The predicted molar refractivity (Wildman–Crippen MR) is 77.3 cm³/mol. The van der Waals surface area contributed by atoms with Crippen LogP contribution >= 0.6 is 11.3 Å². The van der Waals surface area contributed by atoms with Crippen LogP contribution in [0.3, 0.4) is 0 Å². The molecule has 0 aliphatic rings. The van der Waals surface area contributed by atoms with Crippen LogP contribution in [0.2, 0.25) is 0 Å². The van der Waals surface area contributed by atoms with Crippen LogP contribution in [0.15, 0.2) is 30.2 Å². The average Bonchev–Trinajstić information content (AvgIpc) is 3.07. The number of nitrogens with one attached hydrogen (secondary N) is 1. The number of imidazole rings is 1. The molecule has 0 saturated heterocycles. The monoisotopic (exact) mass is 273 g/mol. The van der Waals surface area contributed by atoms with Crippen molar-refractivity contribution in [1.82, 2.24) is 19.5 Å². The van der Waals surface area contributed by atoms with Gasteiger partial charge in [0.2, 0.25) is 0 Å². The largest absolute Gasteiger partial charge is 0.359 e. The Bertz CT molecular complexity index is 673. The van der Waals surface area contributed by atoms with Crippen LogP contribution in [0, 0.1) is 0 Å². The molecule has 0 saturated carbocycles. The lowest BCUT2D eigenvalue weighted by Crippen LogP contribution is -2.10. The van der Waals surface area contributed by atoms with E-state index >= 15 is 0 Å². The van der Waals surface area contributed by atoms with Crippen molar-refractivity contribution in [1.29, 1.82) is 0 Å². The van der Waals surface area contributed by atoms with Gasteiger partial charge in [0, 0.05) is 24.8 Å². The van der Waals surface area contributed by atoms with Crippen LogP contribution in [0.1, 0.15) is 24.4 Å². The number of pyridine rings is 1. The zero-order valence-electron chi connectivity index (χ0n) is 10.9. The SMILES string of the molecule is CCC(Nc1nccc2c1ncn2C)c1nccs1. The molecule has 0 aromatic carbocycles. The van der Waals surface area contributed by atoms with Gasteiger partial charge in [-0.1, -0.05) is 6.92 Å². The van der Waals surface area contributed by atoms with Crippen LogP contribution in [0.4, 0.5) is 5.82 Å². The summed E-state index contributed by atoms with van der Waals surface area (Å²) in [7, 11) is 1.98. The molecule has 6 heteroatoms. The zero-order valence-corrected chi connectivity index (χ0v) is 11.7. The van der Waals surface area contributed by atoms with Gasteiger partial charge in [-0.25, -0.2) is 15.0 Å². The van der Waals surface area contributed by atoms with Crippen molar-refractivity contribution in [2.45, 2.75) is 19.4 Å². The number of aromatic nitrogens is 4. The van der Waals surface area contributed by atoms with E-state index in [-0.39, 0.29) is 6.04 Å². The molecule has 0 aliphatic heterocycles. The van der Waals surface area contributed by atoms with E-state index < -0.39 is 0 Å². The quantitative estimate of drug-likeness (QED) is 0.794. The molecule has 1 atom stereocenters. The maximum Gasteiger partial charge on any atom is 0.154 e. The van der Waals surface area contributed by atoms with E-state index in [1.807, 2.05) is 35.6 Å². The first-order valence-corrected chi connectivity index (χ1v) is 7.09. The van der Waals surface area contributed by atoms with Crippen molar-refractivity contribution >= 4 is 28.2 Å². The second kappa shape index (κ2) is 4.97. The lowest BCUT2D eigenvalue weighted by molar-refractivity contribution is 0.738. The third kappa shape index (κ3) is 2.19. The van der Waals surface area contributed by atoms with E-state index in [0.717, 1.165) is 28.3 Å². The third-order valence-electron chi connectivity index (χ3n) is 3.11. The Morgan fingerprint density at radius 3 is 2.95 bits per heavy atom. The van der Waals surface area contributed by atoms with Crippen molar-refractivity contribution in [2.75, 3.05) is 5.32 Å². The summed E-state index contributed by atoms with van der Waals surface area (Å²) in [5.74, 6) is 0.820. The minimum Gasteiger partial charge on any atom is -0.359 e. The van der Waals surface area contributed by atoms with Crippen LogP contribution in [0.5, 0.6) is 0 Å². The number of aryl methyl sites for hydroxylation is 1. The first-order valence-electron chi connectivity index (χ1n) is 6.21. The molecule has 0 fully saturated rings. The van der Waals surface area contributed by atoms with Crippen molar-refractivity contribution < 1.29 is 0 Å². The number of rotatable bonds is 4. The molecule has 1 unspecified atom stereocenters. The maximum atomic E-state index is 4.41. The summed E-state index contributed by atoms with van der Waals surface area (Å²) in [5, 5.41) is 6.52. The highest BCUT2D eigenvalue weighted by atomic mass is 32.1. The van der Waals surface area contributed by atoms with E-state index in [1.54, 1.807) is 17.5 Å². The fraction of sp³-hybridized carbons (Fsp3) is 0.308. The molecule has 3 rings (SSSR count). The Balaban J connectivity index is 1.96. The molecule has 0 amide bonds. The standard InChI is InChI=1S/C13H15N5S/c1-3-9(13-15-6-7-19-13)17-12-11-10(4-5-14-12)18(2)8-16-11/h4-9H,3H2,1-2H3,(H,14,17). The second-order valence-corrected chi connectivity index (χ2v) is 5.28. The third-order valence-corrected chi connectivity index (χ3v) is 4.00. The summed E-state index contributed by atoms with van der Waals surface area (Å²) in [4.78, 5) is 13.2. The Morgan fingerprint density at radius 2 is 2.21 bits per heavy atom. The van der Waals surface area contributed by atoms with Gasteiger partial charge in [-0.3, -0.25) is 0 Å². The van der Waals surface area contributed by atoms with Crippen LogP contribution in [-0.2, 0) is 7.05 Å². The average molecular weight is 273 g/mol. The first kappa shape index (κ1) is 12.1. The summed E-state index contributed by atoms with van der Waals surface area (Å²) in [6.45, 7) is 2.14. The lowest BCUT2D eigenvalue weighted by Gasteiger charge is -2.15. The van der Waals surface area contributed by atoms with Gasteiger partial charge in [-0.15, -0.1) is 11.3 Å². The number of fused-ring (bicyclic) bond motifs is 1. The van der Waals surface area contributed by atoms with E-state index in [9.17, 15) is 0 Å². The normalized spacial score (nSPS) is 12.7. The van der Waals surface area contributed by atoms with Crippen LogP contribution in [0.25, 0.3) is 11.0 Å². The van der Waals surface area contributed by atoms with Gasteiger partial charge in [0.05, 0.1) is 17.9 Å². The highest BCUT2D eigenvalue weighted by Gasteiger charge is 2.15. The van der Waals surface area contributed by atoms with Crippen LogP contribution in [-0.4, -0.2) is 19.5 Å². The lowest BCUT2D eigenvalue weighted by atomic mass is 10.2. The molecule has 19 heavy (non-hydrogen) atoms. The van der Waals surface area contributed by atoms with E-state index in [1.165, 1.54) is 0 Å². The van der Waals surface area contributed by atoms with Crippen molar-refractivity contribution in [2.24, 2.45) is 7.05 Å². The van der Waals surface area contributed by atoms with Gasteiger partial charge >= 0.3 is 0 Å². The summed E-state index contributed by atoms with van der Waals surface area (Å²) in [6.07, 6.45) is 6.40. The van der Waals surface area contributed by atoms with Gasteiger partial charge in [0.1, 0.15) is 10.5 Å². The fourth-order valence-electron chi connectivity index (χ4n) is 2.08. The minimum atomic E-state index is 0.181. The molecule has 0 bridgehead atoms. The molecule has 3 aromatic rings. The minimum absolute atomic E-state index is 0.181. The molecule has 0 radical (unpaired) electrons. The Kier molecular flexibility index (Phi) is 3.16. The summed E-state index contributed by atoms with van der Waals surface area (Å²) < 4.78 is 1.99. The van der Waals surface area contributed by atoms with E-state index in [4.69, 9.17) is 0 Å². The predicted octanol–water partition coefficient (Wildman–Crippen LogP) is 2.99. The molecule has 3 aromatic heterocycles. The molecular weight excluding hydrogens is 258 g/mol. The van der Waals surface area contributed by atoms with Crippen LogP contribution < -0.4 is 5.32 Å². The number of anilines is 1. The Labute approximate surface area is 115 Å². The first-order chi connectivity index (χ1) is 9.29. The second-order valence-electron chi connectivity index (χ2n) is 4.36. The summed E-state index contributed by atoms with van der Waals surface area (Å²) in [5.41, 5.74) is 1.98. The van der Waals surface area contributed by atoms with Gasteiger partial charge in [-0.05, 0) is 12.5 Å². The highest BCUT2D eigenvalue weighted by Crippen LogP contribution is 2.26. The molecule has 0 spiro atoms.